The molecule has 0 fully saturated rings. The normalized spacial score (nSPS) is 15.5. The van der Waals surface area contributed by atoms with Gasteiger partial charge >= 0.3 is 0 Å². The summed E-state index contributed by atoms with van der Waals surface area (Å²) in [5.74, 6) is 0.489. The molecule has 0 heterocycles. The number of hydrogen-bond acceptors (Lipinski definition) is 2. The van der Waals surface area contributed by atoms with E-state index < -0.39 is 0 Å². The monoisotopic (exact) mass is 325 g/mol. The van der Waals surface area contributed by atoms with E-state index in [1.165, 1.54) is 11.1 Å². The molecule has 0 spiro atoms. The quantitative estimate of drug-likeness (QED) is 0.637. The summed E-state index contributed by atoms with van der Waals surface area (Å²) < 4.78 is 5.77. The maximum absolute atomic E-state index is 5.77. The van der Waals surface area contributed by atoms with E-state index in [2.05, 4.69) is 93.3 Å². The molecule has 0 amide bonds. The molecule has 2 rings (SSSR count). The second-order valence-corrected chi connectivity index (χ2v) is 6.89. The van der Waals surface area contributed by atoms with E-state index in [9.17, 15) is 0 Å². The summed E-state index contributed by atoms with van der Waals surface area (Å²) in [7, 11) is 1.82. The van der Waals surface area contributed by atoms with Gasteiger partial charge in [-0.1, -0.05) is 74.5 Å². The van der Waals surface area contributed by atoms with Crippen molar-refractivity contribution in [3.8, 4) is 0 Å². The van der Waals surface area contributed by atoms with E-state index in [1.807, 2.05) is 7.11 Å². The predicted molar refractivity (Wildman–Crippen MR) is 102 cm³/mol. The van der Waals surface area contributed by atoms with E-state index in [0.717, 1.165) is 6.54 Å². The zero-order valence-corrected chi connectivity index (χ0v) is 15.6. The molecular formula is C22H31NO. The topological polar surface area (TPSA) is 12.5 Å². The van der Waals surface area contributed by atoms with Gasteiger partial charge in [0.1, 0.15) is 0 Å². The van der Waals surface area contributed by atoms with Crippen molar-refractivity contribution in [3.63, 3.8) is 0 Å². The van der Waals surface area contributed by atoms with Crippen LogP contribution in [0.25, 0.3) is 0 Å². The molecule has 0 aliphatic heterocycles. The lowest BCUT2D eigenvalue weighted by atomic mass is 9.98. The van der Waals surface area contributed by atoms with Crippen LogP contribution in [0.15, 0.2) is 60.7 Å². The summed E-state index contributed by atoms with van der Waals surface area (Å²) in [6.45, 7) is 9.96. The summed E-state index contributed by atoms with van der Waals surface area (Å²) in [6, 6.07) is 22.1. The van der Waals surface area contributed by atoms with Crippen molar-refractivity contribution in [3.05, 3.63) is 71.8 Å². The lowest BCUT2D eigenvalue weighted by Gasteiger charge is -2.38. The van der Waals surface area contributed by atoms with Crippen molar-refractivity contribution < 1.29 is 4.74 Å². The average molecular weight is 325 g/mol. The molecule has 0 aliphatic carbocycles. The van der Waals surface area contributed by atoms with Gasteiger partial charge in [-0.25, -0.2) is 0 Å². The minimum Gasteiger partial charge on any atom is -0.380 e. The minimum atomic E-state index is 0.224. The Bertz CT molecular complexity index is 536. The zero-order chi connectivity index (χ0) is 17.5. The summed E-state index contributed by atoms with van der Waals surface area (Å²) in [4.78, 5) is 2.55. The predicted octanol–water partition coefficient (Wildman–Crippen LogP) is 5.48. The van der Waals surface area contributed by atoms with E-state index >= 15 is 0 Å². The van der Waals surface area contributed by atoms with Gasteiger partial charge in [0.05, 0.1) is 6.10 Å². The molecule has 24 heavy (non-hydrogen) atoms. The van der Waals surface area contributed by atoms with Crippen LogP contribution in [0.2, 0.25) is 0 Å². The van der Waals surface area contributed by atoms with Crippen LogP contribution in [0.5, 0.6) is 0 Å². The van der Waals surface area contributed by atoms with Crippen molar-refractivity contribution >= 4 is 0 Å². The first-order valence-electron chi connectivity index (χ1n) is 8.93. The molecule has 3 atom stereocenters. The molecular weight excluding hydrogens is 294 g/mol. The fourth-order valence-corrected chi connectivity index (χ4v) is 3.26. The Kier molecular flexibility index (Phi) is 7.01. The van der Waals surface area contributed by atoms with Gasteiger partial charge in [-0.3, -0.25) is 4.90 Å². The number of ether oxygens (including phenoxy) is 1. The molecule has 1 unspecified atom stereocenters. The van der Waals surface area contributed by atoms with E-state index in [1.54, 1.807) is 0 Å². The van der Waals surface area contributed by atoms with Crippen LogP contribution in [-0.2, 0) is 4.74 Å². The molecule has 2 heteroatoms. The molecule has 2 aromatic carbocycles. The SMILES string of the molecule is COC(CN([C@H](C)c1ccccc1)[C@H](C)c1ccccc1)C(C)C. The van der Waals surface area contributed by atoms with Gasteiger partial charge in [0, 0.05) is 25.7 Å². The highest BCUT2D eigenvalue weighted by Gasteiger charge is 2.26. The smallest absolute Gasteiger partial charge is 0.0721 e. The van der Waals surface area contributed by atoms with Crippen LogP contribution in [0.1, 0.15) is 50.9 Å². The Hall–Kier alpha value is -1.64. The molecule has 0 saturated carbocycles. The van der Waals surface area contributed by atoms with Crippen LogP contribution in [0, 0.1) is 5.92 Å². The van der Waals surface area contributed by atoms with Crippen LogP contribution >= 0.6 is 0 Å². The first-order valence-corrected chi connectivity index (χ1v) is 8.93. The summed E-state index contributed by atoms with van der Waals surface area (Å²) in [6.07, 6.45) is 0.224. The Morgan fingerprint density at radius 2 is 1.17 bits per heavy atom. The number of benzene rings is 2. The standard InChI is InChI=1S/C22H31NO/c1-17(2)22(24-5)16-23(18(3)20-12-8-6-9-13-20)19(4)21-14-10-7-11-15-21/h6-15,17-19,22H,16H2,1-5H3/t18-,19-,22?/m1/s1. The first kappa shape index (κ1) is 18.7. The van der Waals surface area contributed by atoms with Gasteiger partial charge in [0.25, 0.3) is 0 Å². The molecule has 0 radical (unpaired) electrons. The van der Waals surface area contributed by atoms with Gasteiger partial charge in [0.15, 0.2) is 0 Å². The third kappa shape index (κ3) is 4.68. The summed E-state index contributed by atoms with van der Waals surface area (Å²) in [5.41, 5.74) is 2.69. The largest absolute Gasteiger partial charge is 0.380 e. The van der Waals surface area contributed by atoms with Gasteiger partial charge < -0.3 is 4.74 Å². The molecule has 130 valence electrons. The Morgan fingerprint density at radius 3 is 1.50 bits per heavy atom. The Labute approximate surface area is 147 Å². The maximum Gasteiger partial charge on any atom is 0.0721 e. The van der Waals surface area contributed by atoms with Crippen LogP contribution < -0.4 is 0 Å². The van der Waals surface area contributed by atoms with Crippen LogP contribution in [-0.4, -0.2) is 24.7 Å². The first-order chi connectivity index (χ1) is 11.5. The molecule has 0 aromatic heterocycles. The molecule has 2 nitrogen and oxygen atoms in total. The number of rotatable bonds is 8. The Morgan fingerprint density at radius 1 is 0.750 bits per heavy atom. The van der Waals surface area contributed by atoms with Crippen LogP contribution in [0.3, 0.4) is 0 Å². The van der Waals surface area contributed by atoms with Crippen molar-refractivity contribution in [2.24, 2.45) is 5.92 Å². The number of nitrogens with zero attached hydrogens (tertiary/aromatic N) is 1. The van der Waals surface area contributed by atoms with Crippen LogP contribution in [0.4, 0.5) is 0 Å². The Balaban J connectivity index is 2.30. The number of methoxy groups -OCH3 is 1. The second kappa shape index (κ2) is 9.00. The van der Waals surface area contributed by atoms with E-state index in [0.29, 0.717) is 18.0 Å². The van der Waals surface area contributed by atoms with Gasteiger partial charge in [-0.2, -0.15) is 0 Å². The summed E-state index contributed by atoms with van der Waals surface area (Å²) >= 11 is 0. The van der Waals surface area contributed by atoms with E-state index in [-0.39, 0.29) is 6.10 Å². The molecule has 0 saturated heterocycles. The summed E-state index contributed by atoms with van der Waals surface area (Å²) in [5, 5.41) is 0. The molecule has 0 N–H and O–H groups in total. The van der Waals surface area contributed by atoms with Gasteiger partial charge in [-0.15, -0.1) is 0 Å². The van der Waals surface area contributed by atoms with Crippen molar-refractivity contribution in [2.45, 2.75) is 45.9 Å². The maximum atomic E-state index is 5.77. The lowest BCUT2D eigenvalue weighted by molar-refractivity contribution is 0.00802. The van der Waals surface area contributed by atoms with E-state index in [4.69, 9.17) is 4.74 Å². The minimum absolute atomic E-state index is 0.224. The highest BCUT2D eigenvalue weighted by atomic mass is 16.5. The molecule has 0 aliphatic rings. The highest BCUT2D eigenvalue weighted by molar-refractivity contribution is 5.22. The van der Waals surface area contributed by atoms with Crippen molar-refractivity contribution in [1.29, 1.82) is 0 Å². The fraction of sp³-hybridized carbons (Fsp3) is 0.455. The fourth-order valence-electron chi connectivity index (χ4n) is 3.26. The van der Waals surface area contributed by atoms with Crippen molar-refractivity contribution in [2.75, 3.05) is 13.7 Å². The second-order valence-electron chi connectivity index (χ2n) is 6.89. The third-order valence-electron chi connectivity index (χ3n) is 5.00. The third-order valence-corrected chi connectivity index (χ3v) is 5.00. The zero-order valence-electron chi connectivity index (χ0n) is 15.6. The van der Waals surface area contributed by atoms with Crippen molar-refractivity contribution in [1.82, 2.24) is 4.90 Å². The van der Waals surface area contributed by atoms with Gasteiger partial charge in [0.2, 0.25) is 0 Å². The lowest BCUT2D eigenvalue weighted by Crippen LogP contribution is -2.39. The number of hydrogen-bond donors (Lipinski definition) is 0. The molecule has 2 aromatic rings. The molecule has 0 bridgehead atoms. The van der Waals surface area contributed by atoms with Gasteiger partial charge in [-0.05, 0) is 30.9 Å². The average Bonchev–Trinajstić information content (AvgIpc) is 2.63. The highest BCUT2D eigenvalue weighted by Crippen LogP contribution is 2.31.